The first-order valence-electron chi connectivity index (χ1n) is 7.57. The minimum atomic E-state index is 0.119. The van der Waals surface area contributed by atoms with Gasteiger partial charge in [-0.2, -0.15) is 0 Å². The maximum Gasteiger partial charge on any atom is 0.164 e. The lowest BCUT2D eigenvalue weighted by atomic mass is 10.1. The van der Waals surface area contributed by atoms with Gasteiger partial charge in [0.1, 0.15) is 12.4 Å². The third-order valence-electron chi connectivity index (χ3n) is 3.58. The molecule has 116 valence electrons. The minimum Gasteiger partial charge on any atom is -0.489 e. The molecule has 1 heterocycles. The van der Waals surface area contributed by atoms with Gasteiger partial charge >= 0.3 is 0 Å². The zero-order valence-electron chi connectivity index (χ0n) is 12.8. The third-order valence-corrected chi connectivity index (χ3v) is 3.58. The van der Waals surface area contributed by atoms with Gasteiger partial charge in [-0.15, -0.1) is 0 Å². The minimum absolute atomic E-state index is 0.119. The predicted octanol–water partition coefficient (Wildman–Crippen LogP) is 3.74. The van der Waals surface area contributed by atoms with Crippen molar-refractivity contribution in [3.63, 3.8) is 0 Å². The normalized spacial score (nSPS) is 10.4. The maximum absolute atomic E-state index is 12.2. The molecule has 3 aromatic rings. The van der Waals surface area contributed by atoms with E-state index in [2.05, 4.69) is 4.98 Å². The lowest BCUT2D eigenvalue weighted by Gasteiger charge is -2.07. The monoisotopic (exact) mass is 306 g/mol. The summed E-state index contributed by atoms with van der Waals surface area (Å²) in [6.45, 7) is 1.17. The highest BCUT2D eigenvalue weighted by atomic mass is 16.5. The molecule has 0 fully saturated rings. The number of nitrogens with zero attached hydrogens (tertiary/aromatic N) is 2. The van der Waals surface area contributed by atoms with Crippen LogP contribution in [-0.4, -0.2) is 15.3 Å². The van der Waals surface area contributed by atoms with E-state index in [9.17, 15) is 4.79 Å². The van der Waals surface area contributed by atoms with Crippen molar-refractivity contribution in [2.45, 2.75) is 19.6 Å². The Morgan fingerprint density at radius 1 is 1.04 bits per heavy atom. The van der Waals surface area contributed by atoms with Gasteiger partial charge in [0.2, 0.25) is 0 Å². The van der Waals surface area contributed by atoms with Crippen molar-refractivity contribution in [1.82, 2.24) is 9.55 Å². The number of carbonyl (C=O) groups excluding carboxylic acids is 1. The topological polar surface area (TPSA) is 44.1 Å². The number of rotatable bonds is 7. The van der Waals surface area contributed by atoms with Crippen LogP contribution in [0, 0.1) is 0 Å². The molecule has 0 aliphatic carbocycles. The zero-order chi connectivity index (χ0) is 15.9. The first-order valence-corrected chi connectivity index (χ1v) is 7.57. The summed E-state index contributed by atoms with van der Waals surface area (Å²) in [6.07, 6.45) is 5.74. The van der Waals surface area contributed by atoms with E-state index in [1.54, 1.807) is 12.5 Å². The molecular formula is C19H18N2O2. The van der Waals surface area contributed by atoms with E-state index in [1.807, 2.05) is 65.4 Å². The van der Waals surface area contributed by atoms with Crippen LogP contribution in [0.25, 0.3) is 0 Å². The Hall–Kier alpha value is -2.88. The van der Waals surface area contributed by atoms with Gasteiger partial charge in [-0.25, -0.2) is 4.98 Å². The summed E-state index contributed by atoms with van der Waals surface area (Å²) in [5.41, 5.74) is 1.82. The maximum atomic E-state index is 12.2. The van der Waals surface area contributed by atoms with E-state index in [4.69, 9.17) is 4.74 Å². The second kappa shape index (κ2) is 7.40. The zero-order valence-corrected chi connectivity index (χ0v) is 12.8. The molecular weight excluding hydrogens is 288 g/mol. The molecule has 4 nitrogen and oxygen atoms in total. The van der Waals surface area contributed by atoms with Gasteiger partial charge in [-0.3, -0.25) is 4.79 Å². The number of hydrogen-bond donors (Lipinski definition) is 0. The molecule has 4 heteroatoms. The van der Waals surface area contributed by atoms with E-state index in [0.717, 1.165) is 11.3 Å². The molecule has 0 N–H and O–H groups in total. The van der Waals surface area contributed by atoms with Crippen molar-refractivity contribution in [2.24, 2.45) is 0 Å². The number of ether oxygens (including phenoxy) is 1. The SMILES string of the molecule is O=C(CCn1ccnc1)c1ccc(OCc2ccccc2)cc1. The standard InChI is InChI=1S/C19H18N2O2/c22-19(10-12-21-13-11-20-15-21)17-6-8-18(9-7-17)23-14-16-4-2-1-3-5-16/h1-9,11,13,15H,10,12,14H2. The third kappa shape index (κ3) is 4.30. The van der Waals surface area contributed by atoms with Gasteiger partial charge in [0, 0.05) is 30.9 Å². The Morgan fingerprint density at radius 3 is 2.52 bits per heavy atom. The number of imidazole rings is 1. The molecule has 0 saturated carbocycles. The molecule has 23 heavy (non-hydrogen) atoms. The predicted molar refractivity (Wildman–Crippen MR) is 88.4 cm³/mol. The molecule has 0 unspecified atom stereocenters. The lowest BCUT2D eigenvalue weighted by molar-refractivity contribution is 0.0977. The van der Waals surface area contributed by atoms with E-state index >= 15 is 0 Å². The lowest BCUT2D eigenvalue weighted by Crippen LogP contribution is -2.05. The van der Waals surface area contributed by atoms with Crippen LogP contribution < -0.4 is 4.74 Å². The summed E-state index contributed by atoms with van der Waals surface area (Å²) in [5.74, 6) is 0.883. The Balaban J connectivity index is 1.53. The van der Waals surface area contributed by atoms with Gasteiger partial charge in [-0.05, 0) is 29.8 Å². The average Bonchev–Trinajstić information content (AvgIpc) is 3.13. The van der Waals surface area contributed by atoms with Crippen LogP contribution in [0.5, 0.6) is 5.75 Å². The molecule has 0 aliphatic rings. The fraction of sp³-hybridized carbons (Fsp3) is 0.158. The molecule has 0 spiro atoms. The molecule has 0 bridgehead atoms. The quantitative estimate of drug-likeness (QED) is 0.625. The van der Waals surface area contributed by atoms with Crippen molar-refractivity contribution in [2.75, 3.05) is 0 Å². The summed E-state index contributed by atoms with van der Waals surface area (Å²) >= 11 is 0. The van der Waals surface area contributed by atoms with Crippen LogP contribution in [0.15, 0.2) is 73.3 Å². The van der Waals surface area contributed by atoms with E-state index in [0.29, 0.717) is 25.1 Å². The first-order chi connectivity index (χ1) is 11.3. The second-order valence-electron chi connectivity index (χ2n) is 5.27. The highest BCUT2D eigenvalue weighted by Gasteiger charge is 2.06. The van der Waals surface area contributed by atoms with Crippen LogP contribution in [0.3, 0.4) is 0 Å². The van der Waals surface area contributed by atoms with E-state index in [1.165, 1.54) is 0 Å². The molecule has 2 aromatic carbocycles. The van der Waals surface area contributed by atoms with Crippen LogP contribution in [0.1, 0.15) is 22.3 Å². The van der Waals surface area contributed by atoms with Gasteiger partial charge in [0.25, 0.3) is 0 Å². The number of carbonyl (C=O) groups is 1. The Bertz CT molecular complexity index is 735. The fourth-order valence-electron chi connectivity index (χ4n) is 2.27. The number of ketones is 1. The number of benzene rings is 2. The molecule has 1 aromatic heterocycles. The average molecular weight is 306 g/mol. The highest BCUT2D eigenvalue weighted by Crippen LogP contribution is 2.15. The molecule has 0 amide bonds. The first kappa shape index (κ1) is 15.0. The van der Waals surface area contributed by atoms with Crippen molar-refractivity contribution >= 4 is 5.78 Å². The molecule has 3 rings (SSSR count). The summed E-state index contributed by atoms with van der Waals surface area (Å²) in [7, 11) is 0. The van der Waals surface area contributed by atoms with Crippen LogP contribution in [0.4, 0.5) is 0 Å². The van der Waals surface area contributed by atoms with E-state index < -0.39 is 0 Å². The van der Waals surface area contributed by atoms with Gasteiger partial charge < -0.3 is 9.30 Å². The van der Waals surface area contributed by atoms with Gasteiger partial charge in [0.15, 0.2) is 5.78 Å². The molecule has 0 aliphatic heterocycles. The second-order valence-corrected chi connectivity index (χ2v) is 5.27. The Morgan fingerprint density at radius 2 is 1.83 bits per heavy atom. The highest BCUT2D eigenvalue weighted by molar-refractivity contribution is 5.96. The number of Topliss-reactive ketones (excluding diaryl/α,β-unsaturated/α-hetero) is 1. The summed E-state index contributed by atoms with van der Waals surface area (Å²) < 4.78 is 7.62. The van der Waals surface area contributed by atoms with Crippen molar-refractivity contribution in [1.29, 1.82) is 0 Å². The van der Waals surface area contributed by atoms with Crippen molar-refractivity contribution < 1.29 is 9.53 Å². The summed E-state index contributed by atoms with van der Waals surface area (Å²) in [6, 6.07) is 17.3. The van der Waals surface area contributed by atoms with Crippen LogP contribution in [-0.2, 0) is 13.2 Å². The summed E-state index contributed by atoms with van der Waals surface area (Å²) in [4.78, 5) is 16.1. The van der Waals surface area contributed by atoms with Gasteiger partial charge in [-0.1, -0.05) is 30.3 Å². The van der Waals surface area contributed by atoms with Crippen molar-refractivity contribution in [3.05, 3.63) is 84.4 Å². The molecule has 0 atom stereocenters. The Labute approximate surface area is 135 Å². The fourth-order valence-corrected chi connectivity index (χ4v) is 2.27. The summed E-state index contributed by atoms with van der Waals surface area (Å²) in [5, 5.41) is 0. The smallest absolute Gasteiger partial charge is 0.164 e. The number of aromatic nitrogens is 2. The largest absolute Gasteiger partial charge is 0.489 e. The molecule has 0 saturated heterocycles. The Kier molecular flexibility index (Phi) is 4.84. The van der Waals surface area contributed by atoms with Crippen LogP contribution in [0.2, 0.25) is 0 Å². The van der Waals surface area contributed by atoms with Crippen molar-refractivity contribution in [3.8, 4) is 5.75 Å². The molecule has 0 radical (unpaired) electrons. The van der Waals surface area contributed by atoms with Crippen LogP contribution >= 0.6 is 0 Å². The van der Waals surface area contributed by atoms with E-state index in [-0.39, 0.29) is 5.78 Å². The number of hydrogen-bond acceptors (Lipinski definition) is 3. The van der Waals surface area contributed by atoms with Gasteiger partial charge in [0.05, 0.1) is 6.33 Å². The number of aryl methyl sites for hydroxylation is 1.